The number of hydrogen-bond donors (Lipinski definition) is 8. The van der Waals surface area contributed by atoms with E-state index in [1.165, 1.54) is 6.92 Å². The Labute approximate surface area is 153 Å². The monoisotopic (exact) mass is 436 g/mol. The number of primary sulfonamides is 1. The molecule has 0 saturated heterocycles. The molecule has 0 amide bonds. The van der Waals surface area contributed by atoms with Gasteiger partial charge in [0.2, 0.25) is 26.3 Å². The molecule has 0 radical (unpaired) electrons. The Bertz CT molecular complexity index is 812. The average molecular weight is 436 g/mol. The second-order valence-corrected chi connectivity index (χ2v) is 11.1. The van der Waals surface area contributed by atoms with E-state index in [0.717, 1.165) is 0 Å². The first-order valence-electron chi connectivity index (χ1n) is 6.77. The lowest BCUT2D eigenvalue weighted by Crippen LogP contribution is -2.55. The molecule has 0 spiro atoms. The van der Waals surface area contributed by atoms with E-state index in [-0.39, 0.29) is 17.3 Å². The van der Waals surface area contributed by atoms with Crippen LogP contribution in [0.2, 0.25) is 0 Å². The summed E-state index contributed by atoms with van der Waals surface area (Å²) >= 11 is 0.0777. The maximum atomic E-state index is 12.7. The highest BCUT2D eigenvalue weighted by atomic mass is 32.3. The van der Waals surface area contributed by atoms with Crippen molar-refractivity contribution in [2.24, 2.45) is 5.14 Å². The second kappa shape index (κ2) is 7.44. The quantitative estimate of drug-likeness (QED) is 0.182. The third-order valence-electron chi connectivity index (χ3n) is 3.50. The van der Waals surface area contributed by atoms with Gasteiger partial charge in [0.05, 0.1) is 6.42 Å². The van der Waals surface area contributed by atoms with E-state index in [1.807, 2.05) is 0 Å². The zero-order valence-electron chi connectivity index (χ0n) is 13.4. The zero-order chi connectivity index (χ0) is 20.7. The summed E-state index contributed by atoms with van der Waals surface area (Å²) in [6, 6.07) is -1.25. The van der Waals surface area contributed by atoms with Crippen molar-refractivity contribution in [3.05, 3.63) is 20.6 Å². The molecule has 0 aromatic heterocycles. The van der Waals surface area contributed by atoms with Gasteiger partial charge in [-0.25, -0.2) is 22.0 Å². The Morgan fingerprint density at radius 1 is 1.46 bits per heavy atom. The van der Waals surface area contributed by atoms with Gasteiger partial charge in [-0.15, -0.1) is 0 Å². The summed E-state index contributed by atoms with van der Waals surface area (Å²) in [7, 11) is -9.20. The Hall–Kier alpha value is -0.590. The van der Waals surface area contributed by atoms with Crippen molar-refractivity contribution in [3.63, 3.8) is 0 Å². The zero-order valence-corrected chi connectivity index (χ0v) is 15.8. The van der Waals surface area contributed by atoms with Crippen LogP contribution in [-0.4, -0.2) is 70.8 Å². The van der Waals surface area contributed by atoms with Crippen molar-refractivity contribution in [2.45, 2.75) is 43.1 Å². The molecule has 0 aromatic rings. The van der Waals surface area contributed by atoms with Crippen LogP contribution in [0.15, 0.2) is 20.6 Å². The molecule has 152 valence electrons. The Balaban J connectivity index is 3.55. The molecular weight excluding hydrogens is 416 g/mol. The third kappa shape index (κ3) is 5.23. The molecule has 0 fully saturated rings. The van der Waals surface area contributed by atoms with Gasteiger partial charge in [-0.1, -0.05) is 18.3 Å². The summed E-state index contributed by atoms with van der Waals surface area (Å²) in [5, 5.41) is 62.9. The van der Waals surface area contributed by atoms with Gasteiger partial charge in [0.1, 0.15) is 8.47 Å². The second-order valence-electron chi connectivity index (χ2n) is 5.69. The molecule has 26 heavy (non-hydrogen) atoms. The third-order valence-corrected chi connectivity index (χ3v) is 8.85. The van der Waals surface area contributed by atoms with Crippen LogP contribution in [0.3, 0.4) is 0 Å². The number of aliphatic hydroxyl groups excluding tert-OH is 1. The fourth-order valence-electron chi connectivity index (χ4n) is 2.31. The van der Waals surface area contributed by atoms with Crippen LogP contribution in [0.4, 0.5) is 0 Å². The van der Waals surface area contributed by atoms with Crippen molar-refractivity contribution in [1.29, 1.82) is 0 Å². The van der Waals surface area contributed by atoms with Crippen molar-refractivity contribution in [3.8, 4) is 0 Å². The highest BCUT2D eigenvalue weighted by Crippen LogP contribution is 2.46. The lowest BCUT2D eigenvalue weighted by Gasteiger charge is -2.40. The first kappa shape index (κ1) is 23.4. The average Bonchev–Trinajstić information content (AvgIpc) is 2.37. The summed E-state index contributed by atoms with van der Waals surface area (Å²) in [5.74, 6) is -3.58. The molecule has 15 heteroatoms. The van der Waals surface area contributed by atoms with E-state index >= 15 is 0 Å². The van der Waals surface area contributed by atoms with E-state index in [2.05, 4.69) is 11.9 Å². The first-order chi connectivity index (χ1) is 11.4. The van der Waals surface area contributed by atoms with Gasteiger partial charge >= 0.3 is 0 Å². The van der Waals surface area contributed by atoms with Crippen molar-refractivity contribution in [1.82, 2.24) is 5.32 Å². The molecule has 1 aliphatic rings. The van der Waals surface area contributed by atoms with E-state index in [0.29, 0.717) is 0 Å². The minimum atomic E-state index is -4.84. The lowest BCUT2D eigenvalue weighted by atomic mass is 9.99. The fraction of sp³-hybridized carbons (Fsp3) is 0.636. The minimum Gasteiger partial charge on any atom is -0.374 e. The van der Waals surface area contributed by atoms with Gasteiger partial charge in [-0.3, -0.25) is 5.32 Å². The van der Waals surface area contributed by atoms with Crippen LogP contribution in [0.1, 0.15) is 19.8 Å². The normalized spacial score (nSPS) is 27.0. The SMILES string of the molecule is C=C(SC1=C(C)C(NC(O)O)CC(O)(CC(O)(O)O)S1(=O)=O)S(N)(=O)=O. The summed E-state index contributed by atoms with van der Waals surface area (Å²) in [4.78, 5) is -2.99. The molecule has 2 atom stereocenters. The van der Waals surface area contributed by atoms with Crippen LogP contribution < -0.4 is 10.5 Å². The Morgan fingerprint density at radius 2 is 1.96 bits per heavy atom. The summed E-state index contributed by atoms with van der Waals surface area (Å²) in [6.07, 6.45) is -4.44. The molecule has 0 aromatic carbocycles. The topological polar surface area (TPSA) is 228 Å². The van der Waals surface area contributed by atoms with Crippen LogP contribution in [-0.2, 0) is 19.9 Å². The highest BCUT2D eigenvalue weighted by Gasteiger charge is 2.54. The van der Waals surface area contributed by atoms with Crippen LogP contribution in [0.5, 0.6) is 0 Å². The Kier molecular flexibility index (Phi) is 6.71. The number of hydrogen-bond acceptors (Lipinski definition) is 12. The molecule has 9 N–H and O–H groups in total. The van der Waals surface area contributed by atoms with Crippen LogP contribution in [0, 0.1) is 0 Å². The molecular formula is C11H20N2O10S3. The summed E-state index contributed by atoms with van der Waals surface area (Å²) in [5.41, 5.74) is -0.114. The number of sulfone groups is 1. The number of nitrogens with two attached hydrogens (primary N) is 1. The maximum absolute atomic E-state index is 12.7. The van der Waals surface area contributed by atoms with Crippen molar-refractivity contribution in [2.75, 3.05) is 0 Å². The van der Waals surface area contributed by atoms with E-state index < -0.39 is 64.5 Å². The van der Waals surface area contributed by atoms with Gasteiger partial charge < -0.3 is 30.6 Å². The number of rotatable bonds is 7. The predicted octanol–water partition coefficient (Wildman–Crippen LogP) is -3.53. The number of aliphatic hydroxyl groups is 6. The smallest absolute Gasteiger partial charge is 0.279 e. The number of thioether (sulfide) groups is 1. The van der Waals surface area contributed by atoms with Gasteiger partial charge in [0.15, 0.2) is 4.93 Å². The molecule has 0 saturated carbocycles. The Morgan fingerprint density at radius 3 is 2.35 bits per heavy atom. The van der Waals surface area contributed by atoms with E-state index in [9.17, 15) is 21.9 Å². The van der Waals surface area contributed by atoms with Gasteiger partial charge in [-0.05, 0) is 12.5 Å². The number of sulfonamides is 1. The minimum absolute atomic E-state index is 0.0777. The highest BCUT2D eigenvalue weighted by molar-refractivity contribution is 8.27. The lowest BCUT2D eigenvalue weighted by molar-refractivity contribution is -0.325. The molecule has 1 aliphatic heterocycles. The molecule has 1 rings (SSSR count). The predicted molar refractivity (Wildman–Crippen MR) is 90.2 cm³/mol. The van der Waals surface area contributed by atoms with Crippen molar-refractivity contribution < 1.29 is 47.5 Å². The number of nitrogens with one attached hydrogen (secondary N) is 1. The molecule has 1 heterocycles. The van der Waals surface area contributed by atoms with Gasteiger partial charge in [0.25, 0.3) is 5.97 Å². The van der Waals surface area contributed by atoms with Crippen LogP contribution in [0.25, 0.3) is 0 Å². The first-order valence-corrected chi connectivity index (χ1v) is 10.6. The largest absolute Gasteiger partial charge is 0.374 e. The molecule has 12 nitrogen and oxygen atoms in total. The van der Waals surface area contributed by atoms with Crippen LogP contribution >= 0.6 is 11.8 Å². The maximum Gasteiger partial charge on any atom is 0.279 e. The standard InChI is InChI=1S/C11H20N2O10S3/c1-5-7(13-9(14)15)3-10(16,4-11(17,18)19)25(20,21)8(5)24-6(2)26(12,22)23/h7,9,13-19H,2-4H2,1H3,(H2,12,22,23). The van der Waals surface area contributed by atoms with E-state index in [1.54, 1.807) is 0 Å². The molecule has 0 bridgehead atoms. The summed E-state index contributed by atoms with van der Waals surface area (Å²) in [6.45, 7) is 4.34. The fourth-order valence-corrected chi connectivity index (χ4v) is 6.58. The van der Waals surface area contributed by atoms with Crippen molar-refractivity contribution >= 4 is 31.6 Å². The van der Waals surface area contributed by atoms with E-state index in [4.69, 9.17) is 30.7 Å². The summed E-state index contributed by atoms with van der Waals surface area (Å²) < 4.78 is 46.6. The van der Waals surface area contributed by atoms with Gasteiger partial charge in [-0.2, -0.15) is 0 Å². The molecule has 0 aliphatic carbocycles. The van der Waals surface area contributed by atoms with Gasteiger partial charge in [0, 0.05) is 12.5 Å². The molecule has 2 unspecified atom stereocenters.